The molecule has 0 amide bonds. The molecule has 0 radical (unpaired) electrons. The predicted octanol–water partition coefficient (Wildman–Crippen LogP) is 0.129. The van der Waals surface area contributed by atoms with E-state index in [0.29, 0.717) is 13.2 Å². The minimum Gasteiger partial charge on any atom is -0.461 e. The average molecular weight is 190 g/mol. The highest BCUT2D eigenvalue weighted by atomic mass is 16.6. The van der Waals surface area contributed by atoms with E-state index in [1.165, 1.54) is 6.92 Å². The number of ether oxygens (including phenoxy) is 3. The smallest absolute Gasteiger partial charge is 0.344 e. The topological polar surface area (TPSA) is 61.8 Å². The first kappa shape index (κ1) is 11.9. The minimum absolute atomic E-state index is 0.188. The summed E-state index contributed by atoms with van der Waals surface area (Å²) in [4.78, 5) is 21.0. The number of carbonyl (C=O) groups is 2. The first-order valence-electron chi connectivity index (χ1n) is 4.03. The summed E-state index contributed by atoms with van der Waals surface area (Å²) >= 11 is 0. The number of hydrogen-bond acceptors (Lipinski definition) is 5. The third-order valence-electron chi connectivity index (χ3n) is 1.09. The second-order valence-electron chi connectivity index (χ2n) is 2.20. The fraction of sp³-hybridized carbons (Fsp3) is 0.750. The zero-order chi connectivity index (χ0) is 10.1. The van der Waals surface area contributed by atoms with Crippen LogP contribution in [0, 0.1) is 0 Å². The van der Waals surface area contributed by atoms with Crippen molar-refractivity contribution in [3.05, 3.63) is 0 Å². The van der Waals surface area contributed by atoms with Crippen molar-refractivity contribution in [2.75, 3.05) is 26.4 Å². The molecular weight excluding hydrogens is 176 g/mol. The van der Waals surface area contributed by atoms with Crippen molar-refractivity contribution in [2.45, 2.75) is 13.8 Å². The second-order valence-corrected chi connectivity index (χ2v) is 2.20. The summed E-state index contributed by atoms with van der Waals surface area (Å²) in [5.74, 6) is -1.06. The van der Waals surface area contributed by atoms with Crippen LogP contribution in [0.25, 0.3) is 0 Å². The summed E-state index contributed by atoms with van der Waals surface area (Å²) in [6.07, 6.45) is 0. The Morgan fingerprint density at radius 1 is 1.15 bits per heavy atom. The van der Waals surface area contributed by atoms with Crippen molar-refractivity contribution >= 4 is 11.9 Å². The quantitative estimate of drug-likeness (QED) is 0.440. The fourth-order valence-electron chi connectivity index (χ4n) is 0.561. The van der Waals surface area contributed by atoms with Crippen LogP contribution in [0.2, 0.25) is 0 Å². The molecule has 0 aromatic heterocycles. The summed E-state index contributed by atoms with van der Waals surface area (Å²) in [7, 11) is 0. The van der Waals surface area contributed by atoms with Gasteiger partial charge >= 0.3 is 11.9 Å². The fourth-order valence-corrected chi connectivity index (χ4v) is 0.561. The highest BCUT2D eigenvalue weighted by Gasteiger charge is 2.03. The average Bonchev–Trinajstić information content (AvgIpc) is 2.09. The largest absolute Gasteiger partial charge is 0.461 e. The first-order chi connectivity index (χ1) is 6.16. The molecule has 13 heavy (non-hydrogen) atoms. The van der Waals surface area contributed by atoms with Crippen LogP contribution in [0.5, 0.6) is 0 Å². The van der Waals surface area contributed by atoms with Gasteiger partial charge in [0.25, 0.3) is 0 Å². The predicted molar refractivity (Wildman–Crippen MR) is 44.1 cm³/mol. The highest BCUT2D eigenvalue weighted by molar-refractivity contribution is 5.75. The van der Waals surface area contributed by atoms with Crippen molar-refractivity contribution < 1.29 is 23.8 Å². The molecule has 0 spiro atoms. The lowest BCUT2D eigenvalue weighted by atomic mass is 10.7. The number of rotatable bonds is 6. The highest BCUT2D eigenvalue weighted by Crippen LogP contribution is 1.83. The third kappa shape index (κ3) is 8.81. The van der Waals surface area contributed by atoms with Crippen molar-refractivity contribution in [3.63, 3.8) is 0 Å². The minimum atomic E-state index is -0.560. The van der Waals surface area contributed by atoms with Crippen molar-refractivity contribution in [1.29, 1.82) is 0 Å². The molecule has 0 bridgehead atoms. The van der Waals surface area contributed by atoms with E-state index >= 15 is 0 Å². The molecule has 0 aliphatic heterocycles. The van der Waals surface area contributed by atoms with Crippen LogP contribution < -0.4 is 0 Å². The summed E-state index contributed by atoms with van der Waals surface area (Å²) < 4.78 is 14.0. The van der Waals surface area contributed by atoms with Crippen LogP contribution in [0.1, 0.15) is 13.8 Å². The third-order valence-corrected chi connectivity index (χ3v) is 1.09. The molecule has 76 valence electrons. The Balaban J connectivity index is 3.25. The van der Waals surface area contributed by atoms with E-state index in [2.05, 4.69) is 9.47 Å². The molecule has 0 fully saturated rings. The van der Waals surface area contributed by atoms with E-state index in [1.807, 2.05) is 6.92 Å². The zero-order valence-corrected chi connectivity index (χ0v) is 7.87. The van der Waals surface area contributed by atoms with E-state index < -0.39 is 11.9 Å². The molecule has 0 saturated carbocycles. The van der Waals surface area contributed by atoms with Crippen LogP contribution in [0.15, 0.2) is 0 Å². The summed E-state index contributed by atoms with van der Waals surface area (Å²) in [6, 6.07) is 0. The van der Waals surface area contributed by atoms with Gasteiger partial charge in [-0.15, -0.1) is 0 Å². The van der Waals surface area contributed by atoms with E-state index in [-0.39, 0.29) is 13.2 Å². The van der Waals surface area contributed by atoms with Gasteiger partial charge in [-0.05, 0) is 6.92 Å². The van der Waals surface area contributed by atoms with Gasteiger partial charge in [-0.1, -0.05) is 0 Å². The van der Waals surface area contributed by atoms with Crippen LogP contribution in [-0.2, 0) is 23.8 Å². The van der Waals surface area contributed by atoms with Gasteiger partial charge in [0.15, 0.2) is 6.61 Å². The van der Waals surface area contributed by atoms with Crippen LogP contribution in [0.3, 0.4) is 0 Å². The molecule has 0 saturated heterocycles. The van der Waals surface area contributed by atoms with Gasteiger partial charge in [0.1, 0.15) is 6.61 Å². The van der Waals surface area contributed by atoms with Gasteiger partial charge in [-0.2, -0.15) is 0 Å². The Bertz CT molecular complexity index is 166. The lowest BCUT2D eigenvalue weighted by Gasteiger charge is -2.04. The van der Waals surface area contributed by atoms with Gasteiger partial charge in [0.2, 0.25) is 0 Å². The SMILES string of the molecule is CCOCCOC(=O)COC(C)=O. The normalized spacial score (nSPS) is 9.38. The first-order valence-corrected chi connectivity index (χ1v) is 4.03. The molecule has 0 atom stereocenters. The van der Waals surface area contributed by atoms with E-state index in [1.54, 1.807) is 0 Å². The van der Waals surface area contributed by atoms with Crippen molar-refractivity contribution in [2.24, 2.45) is 0 Å². The van der Waals surface area contributed by atoms with Gasteiger partial charge in [-0.3, -0.25) is 4.79 Å². The van der Waals surface area contributed by atoms with E-state index in [4.69, 9.17) is 4.74 Å². The van der Waals surface area contributed by atoms with Gasteiger partial charge < -0.3 is 14.2 Å². The Labute approximate surface area is 77.0 Å². The summed E-state index contributed by atoms with van der Waals surface area (Å²) in [6.45, 7) is 3.88. The van der Waals surface area contributed by atoms with Crippen LogP contribution in [-0.4, -0.2) is 38.4 Å². The Morgan fingerprint density at radius 2 is 1.85 bits per heavy atom. The molecule has 0 unspecified atom stereocenters. The standard InChI is InChI=1S/C8H14O5/c1-3-11-4-5-12-8(10)6-13-7(2)9/h3-6H2,1-2H3. The molecule has 0 aromatic carbocycles. The Morgan fingerprint density at radius 3 is 2.38 bits per heavy atom. The molecule has 0 N–H and O–H groups in total. The second kappa shape index (κ2) is 7.54. The van der Waals surface area contributed by atoms with Gasteiger partial charge in [-0.25, -0.2) is 4.79 Å². The molecule has 0 aromatic rings. The van der Waals surface area contributed by atoms with E-state index in [9.17, 15) is 9.59 Å². The molecule has 0 aliphatic carbocycles. The van der Waals surface area contributed by atoms with Crippen LogP contribution >= 0.6 is 0 Å². The summed E-state index contributed by atoms with van der Waals surface area (Å²) in [5.41, 5.74) is 0. The monoisotopic (exact) mass is 190 g/mol. The molecule has 0 rings (SSSR count). The maximum atomic E-state index is 10.8. The number of esters is 2. The van der Waals surface area contributed by atoms with Gasteiger partial charge in [0.05, 0.1) is 6.61 Å². The maximum Gasteiger partial charge on any atom is 0.344 e. The molecule has 5 heteroatoms. The zero-order valence-electron chi connectivity index (χ0n) is 7.87. The molecule has 5 nitrogen and oxygen atoms in total. The molecular formula is C8H14O5. The maximum absolute atomic E-state index is 10.8. The number of hydrogen-bond donors (Lipinski definition) is 0. The van der Waals surface area contributed by atoms with E-state index in [0.717, 1.165) is 0 Å². The number of carbonyl (C=O) groups excluding carboxylic acids is 2. The van der Waals surface area contributed by atoms with Crippen molar-refractivity contribution in [1.82, 2.24) is 0 Å². The lowest BCUT2D eigenvalue weighted by Crippen LogP contribution is -2.17. The molecule has 0 aliphatic rings. The van der Waals surface area contributed by atoms with Crippen molar-refractivity contribution in [3.8, 4) is 0 Å². The van der Waals surface area contributed by atoms with Gasteiger partial charge in [0, 0.05) is 13.5 Å². The molecule has 0 heterocycles. The van der Waals surface area contributed by atoms with Crippen LogP contribution in [0.4, 0.5) is 0 Å². The lowest BCUT2D eigenvalue weighted by molar-refractivity contribution is -0.158. The Kier molecular flexibility index (Phi) is 6.91. The Hall–Kier alpha value is -1.10. The summed E-state index contributed by atoms with van der Waals surface area (Å²) in [5, 5.41) is 0.